The Kier molecular flexibility index (Phi) is 5.91. The molecule has 2 atom stereocenters. The van der Waals surface area contributed by atoms with Crippen molar-refractivity contribution in [1.29, 1.82) is 0 Å². The summed E-state index contributed by atoms with van der Waals surface area (Å²) in [6.45, 7) is 7.65. The van der Waals surface area contributed by atoms with Crippen LogP contribution in [0, 0.1) is 5.41 Å². The van der Waals surface area contributed by atoms with E-state index in [1.165, 1.54) is 13.8 Å². The molecule has 0 rings (SSSR count). The highest BCUT2D eigenvalue weighted by Gasteiger charge is 2.26. The first kappa shape index (κ1) is 15.7. The van der Waals surface area contributed by atoms with Gasteiger partial charge in [0.05, 0.1) is 12.0 Å². The van der Waals surface area contributed by atoms with Gasteiger partial charge in [0.1, 0.15) is 6.17 Å². The highest BCUT2D eigenvalue weighted by molar-refractivity contribution is 5.75. The van der Waals surface area contributed by atoms with Crippen molar-refractivity contribution in [3.8, 4) is 0 Å². The zero-order valence-electron chi connectivity index (χ0n) is 10.9. The Hall–Kier alpha value is -1.33. The van der Waals surface area contributed by atoms with Gasteiger partial charge < -0.3 is 14.8 Å². The fourth-order valence-electron chi connectivity index (χ4n) is 0.768. The number of hydrogen-bond acceptors (Lipinski definition) is 4. The fraction of sp³-hybridized carbons (Fsp3) is 0.818. The number of ether oxygens (including phenoxy) is 2. The summed E-state index contributed by atoms with van der Waals surface area (Å²) in [5, 5.41) is 2.20. The number of carbonyl (C=O) groups excluding carboxylic acids is 2. The first-order chi connectivity index (χ1) is 7.62. The second kappa shape index (κ2) is 6.42. The first-order valence-electron chi connectivity index (χ1n) is 5.42. The van der Waals surface area contributed by atoms with E-state index < -0.39 is 29.9 Å². The van der Waals surface area contributed by atoms with Crippen molar-refractivity contribution in [3.63, 3.8) is 0 Å². The zero-order valence-corrected chi connectivity index (χ0v) is 10.9. The van der Waals surface area contributed by atoms with E-state index in [0.29, 0.717) is 0 Å². The van der Waals surface area contributed by atoms with Crippen LogP contribution in [0.25, 0.3) is 0 Å². The summed E-state index contributed by atoms with van der Waals surface area (Å²) in [6, 6.07) is 0. The van der Waals surface area contributed by atoms with Gasteiger partial charge >= 0.3 is 12.1 Å². The molecule has 0 aliphatic rings. The summed E-state index contributed by atoms with van der Waals surface area (Å²) in [4.78, 5) is 22.5. The lowest BCUT2D eigenvalue weighted by Gasteiger charge is -2.20. The number of hydrogen-bond donors (Lipinski definition) is 1. The number of esters is 1. The van der Waals surface area contributed by atoms with Gasteiger partial charge in [-0.25, -0.2) is 9.18 Å². The van der Waals surface area contributed by atoms with E-state index in [-0.39, 0.29) is 6.54 Å². The Morgan fingerprint density at radius 2 is 1.76 bits per heavy atom. The van der Waals surface area contributed by atoms with Crippen molar-refractivity contribution in [2.75, 3.05) is 6.54 Å². The smallest absolute Gasteiger partial charge is 0.410 e. The van der Waals surface area contributed by atoms with Crippen LogP contribution in [0.2, 0.25) is 0 Å². The van der Waals surface area contributed by atoms with Crippen LogP contribution < -0.4 is 5.32 Å². The number of alkyl carbamates (subject to hydrolysis) is 1. The van der Waals surface area contributed by atoms with E-state index in [0.717, 1.165) is 0 Å². The Balaban J connectivity index is 3.98. The minimum absolute atomic E-state index is 0.140. The lowest BCUT2D eigenvalue weighted by atomic mass is 9.97. The van der Waals surface area contributed by atoms with Gasteiger partial charge in [-0.2, -0.15) is 0 Å². The molecule has 0 spiro atoms. The Morgan fingerprint density at radius 1 is 1.24 bits per heavy atom. The van der Waals surface area contributed by atoms with Crippen LogP contribution in [0.5, 0.6) is 0 Å². The summed E-state index contributed by atoms with van der Waals surface area (Å²) in [7, 11) is 0. The SMILES string of the molecule is CC(OC(=O)NC[C@H](C)F)OC(=O)C(C)(C)C. The predicted molar refractivity (Wildman–Crippen MR) is 60.1 cm³/mol. The summed E-state index contributed by atoms with van der Waals surface area (Å²) < 4.78 is 22.0. The topological polar surface area (TPSA) is 64.6 Å². The standard InChI is InChI=1S/C11H20FNO4/c1-7(12)6-13-10(15)17-8(2)16-9(14)11(3,4)5/h7-8H,6H2,1-5H3,(H,13,15)/t7-,8?/m0/s1. The van der Waals surface area contributed by atoms with Gasteiger partial charge in [0.25, 0.3) is 0 Å². The normalized spacial score (nSPS) is 14.7. The minimum Gasteiger partial charge on any atom is -0.425 e. The maximum absolute atomic E-state index is 12.4. The number of carbonyl (C=O) groups is 2. The second-order valence-electron chi connectivity index (χ2n) is 4.79. The first-order valence-corrected chi connectivity index (χ1v) is 5.42. The molecule has 0 fully saturated rings. The second-order valence-corrected chi connectivity index (χ2v) is 4.79. The summed E-state index contributed by atoms with van der Waals surface area (Å²) in [6.07, 6.45) is -2.98. The van der Waals surface area contributed by atoms with Gasteiger partial charge in [-0.1, -0.05) is 0 Å². The number of halogens is 1. The van der Waals surface area contributed by atoms with E-state index in [2.05, 4.69) is 5.32 Å². The van der Waals surface area contributed by atoms with Crippen LogP contribution >= 0.6 is 0 Å². The number of alkyl halides is 1. The van der Waals surface area contributed by atoms with E-state index in [1.54, 1.807) is 20.8 Å². The van der Waals surface area contributed by atoms with Crippen LogP contribution in [0.15, 0.2) is 0 Å². The van der Waals surface area contributed by atoms with Crippen molar-refractivity contribution < 1.29 is 23.5 Å². The van der Waals surface area contributed by atoms with Crippen LogP contribution in [0.4, 0.5) is 9.18 Å². The summed E-state index contributed by atoms with van der Waals surface area (Å²) in [5.74, 6) is -0.475. The molecular formula is C11H20FNO4. The van der Waals surface area contributed by atoms with E-state index in [9.17, 15) is 14.0 Å². The van der Waals surface area contributed by atoms with Crippen LogP contribution in [-0.4, -0.2) is 31.1 Å². The molecule has 0 aromatic rings. The molecule has 6 heteroatoms. The van der Waals surface area contributed by atoms with Crippen molar-refractivity contribution >= 4 is 12.1 Å². The molecular weight excluding hydrogens is 229 g/mol. The molecule has 1 N–H and O–H groups in total. The number of rotatable bonds is 4. The molecule has 1 unspecified atom stereocenters. The molecule has 0 aromatic carbocycles. The fourth-order valence-corrected chi connectivity index (χ4v) is 0.768. The van der Waals surface area contributed by atoms with Gasteiger partial charge in [-0.3, -0.25) is 4.79 Å². The average Bonchev–Trinajstić information content (AvgIpc) is 2.12. The molecule has 0 aliphatic heterocycles. The molecule has 0 bridgehead atoms. The highest BCUT2D eigenvalue weighted by Crippen LogP contribution is 2.16. The monoisotopic (exact) mass is 249 g/mol. The average molecular weight is 249 g/mol. The van der Waals surface area contributed by atoms with Gasteiger partial charge in [0, 0.05) is 6.92 Å². The molecule has 0 aromatic heterocycles. The number of nitrogens with one attached hydrogen (secondary N) is 1. The van der Waals surface area contributed by atoms with Crippen molar-refractivity contribution in [2.45, 2.75) is 47.1 Å². The third kappa shape index (κ3) is 7.54. The lowest BCUT2D eigenvalue weighted by Crippen LogP contribution is -2.35. The Morgan fingerprint density at radius 3 is 2.18 bits per heavy atom. The minimum atomic E-state index is -1.16. The van der Waals surface area contributed by atoms with Gasteiger partial charge in [-0.15, -0.1) is 0 Å². The lowest BCUT2D eigenvalue weighted by molar-refractivity contribution is -0.174. The Labute approximate surface area is 101 Å². The molecule has 0 heterocycles. The van der Waals surface area contributed by atoms with Crippen molar-refractivity contribution in [2.24, 2.45) is 5.41 Å². The quantitative estimate of drug-likeness (QED) is 0.611. The van der Waals surface area contributed by atoms with Crippen LogP contribution in [0.3, 0.4) is 0 Å². The molecule has 100 valence electrons. The molecule has 0 aliphatic carbocycles. The third-order valence-electron chi connectivity index (χ3n) is 1.69. The summed E-state index contributed by atoms with van der Waals surface area (Å²) in [5.41, 5.74) is -0.665. The third-order valence-corrected chi connectivity index (χ3v) is 1.69. The molecule has 17 heavy (non-hydrogen) atoms. The number of amides is 1. The molecule has 0 saturated carbocycles. The predicted octanol–water partition coefficient (Wildman–Crippen LogP) is 2.01. The van der Waals surface area contributed by atoms with Gasteiger partial charge in [-0.05, 0) is 27.7 Å². The molecule has 5 nitrogen and oxygen atoms in total. The van der Waals surface area contributed by atoms with Crippen molar-refractivity contribution in [1.82, 2.24) is 5.32 Å². The van der Waals surface area contributed by atoms with E-state index in [4.69, 9.17) is 9.47 Å². The van der Waals surface area contributed by atoms with Crippen LogP contribution in [0.1, 0.15) is 34.6 Å². The zero-order chi connectivity index (χ0) is 13.6. The van der Waals surface area contributed by atoms with Gasteiger partial charge in [0.2, 0.25) is 6.29 Å². The maximum Gasteiger partial charge on any atom is 0.410 e. The molecule has 1 amide bonds. The highest BCUT2D eigenvalue weighted by atomic mass is 19.1. The van der Waals surface area contributed by atoms with Crippen LogP contribution in [-0.2, 0) is 14.3 Å². The van der Waals surface area contributed by atoms with E-state index >= 15 is 0 Å². The Bertz CT molecular complexity index is 273. The largest absolute Gasteiger partial charge is 0.425 e. The van der Waals surface area contributed by atoms with Crippen molar-refractivity contribution in [3.05, 3.63) is 0 Å². The van der Waals surface area contributed by atoms with E-state index in [1.807, 2.05) is 0 Å². The molecule has 0 saturated heterocycles. The molecule has 0 radical (unpaired) electrons. The van der Waals surface area contributed by atoms with Gasteiger partial charge in [0.15, 0.2) is 0 Å². The maximum atomic E-state index is 12.4. The summed E-state index contributed by atoms with van der Waals surface area (Å²) >= 11 is 0.